The molecule has 0 radical (unpaired) electrons. The molecule has 0 spiro atoms. The van der Waals surface area contributed by atoms with E-state index in [1.54, 1.807) is 44.6 Å². The molecule has 0 bridgehead atoms. The number of carbonyl (C=O) groups excluding carboxylic acids is 1. The standard InChI is InChI=1S/C31H29NO5/c1-34-28-19-25(20-29(35-2)31(28)37-22-24-11-7-4-8-12-24)13-18-30(33)32-26-14-16-27(17-15-26)36-21-23-9-5-3-6-10-23/h3-20H,21-22H2,1-2H3,(H,32,33). The summed E-state index contributed by atoms with van der Waals surface area (Å²) >= 11 is 0. The predicted octanol–water partition coefficient (Wildman–Crippen LogP) is 6.51. The summed E-state index contributed by atoms with van der Waals surface area (Å²) in [5, 5.41) is 2.85. The van der Waals surface area contributed by atoms with E-state index in [2.05, 4.69) is 5.32 Å². The first-order valence-corrected chi connectivity index (χ1v) is 11.8. The van der Waals surface area contributed by atoms with Gasteiger partial charge >= 0.3 is 0 Å². The topological polar surface area (TPSA) is 66.0 Å². The number of anilines is 1. The maximum absolute atomic E-state index is 12.5. The summed E-state index contributed by atoms with van der Waals surface area (Å²) in [5.74, 6) is 2.00. The van der Waals surface area contributed by atoms with Gasteiger partial charge in [-0.05, 0) is 59.2 Å². The molecule has 0 fully saturated rings. The normalized spacial score (nSPS) is 10.6. The van der Waals surface area contributed by atoms with Gasteiger partial charge in [0.1, 0.15) is 19.0 Å². The second-order valence-corrected chi connectivity index (χ2v) is 8.15. The van der Waals surface area contributed by atoms with Gasteiger partial charge in [0.2, 0.25) is 11.7 Å². The van der Waals surface area contributed by atoms with Gasteiger partial charge in [-0.3, -0.25) is 4.79 Å². The van der Waals surface area contributed by atoms with Crippen LogP contribution in [-0.4, -0.2) is 20.1 Å². The van der Waals surface area contributed by atoms with Crippen LogP contribution in [0.25, 0.3) is 6.08 Å². The largest absolute Gasteiger partial charge is 0.493 e. The van der Waals surface area contributed by atoms with Crippen molar-refractivity contribution in [1.82, 2.24) is 0 Å². The number of hydrogen-bond acceptors (Lipinski definition) is 5. The number of amides is 1. The highest BCUT2D eigenvalue weighted by molar-refractivity contribution is 6.02. The number of ether oxygens (including phenoxy) is 4. The Bertz CT molecular complexity index is 1290. The summed E-state index contributed by atoms with van der Waals surface area (Å²) in [6, 6.07) is 30.6. The fourth-order valence-corrected chi connectivity index (χ4v) is 3.60. The van der Waals surface area contributed by atoms with Crippen molar-refractivity contribution < 1.29 is 23.7 Å². The maximum Gasteiger partial charge on any atom is 0.248 e. The van der Waals surface area contributed by atoms with Crippen LogP contribution in [0.5, 0.6) is 23.0 Å². The molecule has 4 aromatic carbocycles. The molecule has 37 heavy (non-hydrogen) atoms. The van der Waals surface area contributed by atoms with E-state index in [4.69, 9.17) is 18.9 Å². The third-order valence-corrected chi connectivity index (χ3v) is 5.51. The van der Waals surface area contributed by atoms with Crippen molar-refractivity contribution in [3.8, 4) is 23.0 Å². The number of hydrogen-bond donors (Lipinski definition) is 1. The first-order valence-electron chi connectivity index (χ1n) is 11.8. The second kappa shape index (κ2) is 12.8. The van der Waals surface area contributed by atoms with Gasteiger partial charge in [-0.2, -0.15) is 0 Å². The highest BCUT2D eigenvalue weighted by atomic mass is 16.5. The summed E-state index contributed by atoms with van der Waals surface area (Å²) in [7, 11) is 3.13. The number of rotatable bonds is 11. The van der Waals surface area contributed by atoms with Crippen molar-refractivity contribution in [3.05, 3.63) is 120 Å². The first-order chi connectivity index (χ1) is 18.1. The average molecular weight is 496 g/mol. The molecule has 0 aliphatic rings. The minimum absolute atomic E-state index is 0.264. The van der Waals surface area contributed by atoms with Crippen LogP contribution in [0.15, 0.2) is 103 Å². The lowest BCUT2D eigenvalue weighted by atomic mass is 10.1. The molecular formula is C31H29NO5. The minimum Gasteiger partial charge on any atom is -0.493 e. The monoisotopic (exact) mass is 495 g/mol. The molecule has 0 aromatic heterocycles. The molecule has 0 unspecified atom stereocenters. The summed E-state index contributed by atoms with van der Waals surface area (Å²) < 4.78 is 22.8. The Morgan fingerprint density at radius 3 is 1.81 bits per heavy atom. The van der Waals surface area contributed by atoms with Crippen molar-refractivity contribution in [3.63, 3.8) is 0 Å². The molecule has 4 rings (SSSR count). The molecule has 0 atom stereocenters. The number of benzene rings is 4. The molecule has 0 saturated heterocycles. The number of carbonyl (C=O) groups is 1. The van der Waals surface area contributed by atoms with Gasteiger partial charge in [0, 0.05) is 11.8 Å². The number of nitrogens with one attached hydrogen (secondary N) is 1. The molecule has 6 nitrogen and oxygen atoms in total. The molecule has 6 heteroatoms. The Hall–Kier alpha value is -4.71. The molecule has 0 aliphatic carbocycles. The van der Waals surface area contributed by atoms with Crippen LogP contribution in [0.3, 0.4) is 0 Å². The fourth-order valence-electron chi connectivity index (χ4n) is 3.60. The molecular weight excluding hydrogens is 466 g/mol. The quantitative estimate of drug-likeness (QED) is 0.240. The number of methoxy groups -OCH3 is 2. The van der Waals surface area contributed by atoms with Gasteiger partial charge in [0.05, 0.1) is 14.2 Å². The van der Waals surface area contributed by atoms with Gasteiger partial charge in [0.25, 0.3) is 0 Å². The van der Waals surface area contributed by atoms with Gasteiger partial charge in [-0.1, -0.05) is 60.7 Å². The molecule has 0 heterocycles. The van der Waals surface area contributed by atoms with Gasteiger partial charge in [-0.15, -0.1) is 0 Å². The molecule has 0 saturated carbocycles. The van der Waals surface area contributed by atoms with Gasteiger partial charge < -0.3 is 24.3 Å². The lowest BCUT2D eigenvalue weighted by molar-refractivity contribution is -0.111. The van der Waals surface area contributed by atoms with E-state index < -0.39 is 0 Å². The fraction of sp³-hybridized carbons (Fsp3) is 0.129. The van der Waals surface area contributed by atoms with E-state index in [0.29, 0.717) is 36.1 Å². The van der Waals surface area contributed by atoms with Crippen molar-refractivity contribution in [2.75, 3.05) is 19.5 Å². The van der Waals surface area contributed by atoms with E-state index >= 15 is 0 Å². The van der Waals surface area contributed by atoms with Gasteiger partial charge in [-0.25, -0.2) is 0 Å². The Balaban J connectivity index is 1.36. The van der Waals surface area contributed by atoms with Crippen LogP contribution >= 0.6 is 0 Å². The Kier molecular flexibility index (Phi) is 8.81. The van der Waals surface area contributed by atoms with E-state index in [1.165, 1.54) is 6.08 Å². The zero-order valence-electron chi connectivity index (χ0n) is 20.8. The maximum atomic E-state index is 12.5. The zero-order valence-corrected chi connectivity index (χ0v) is 20.8. The van der Waals surface area contributed by atoms with Crippen molar-refractivity contribution in [1.29, 1.82) is 0 Å². The summed E-state index contributed by atoms with van der Waals surface area (Å²) in [5.41, 5.74) is 3.53. The molecule has 188 valence electrons. The van der Waals surface area contributed by atoms with Crippen molar-refractivity contribution in [2.45, 2.75) is 13.2 Å². The Labute approximate surface area is 217 Å². The molecule has 1 N–H and O–H groups in total. The van der Waals surface area contributed by atoms with Crippen LogP contribution in [0.1, 0.15) is 16.7 Å². The highest BCUT2D eigenvalue weighted by Crippen LogP contribution is 2.39. The summed E-state index contributed by atoms with van der Waals surface area (Å²) in [6.45, 7) is 0.861. The smallest absolute Gasteiger partial charge is 0.248 e. The highest BCUT2D eigenvalue weighted by Gasteiger charge is 2.14. The lowest BCUT2D eigenvalue weighted by Crippen LogP contribution is -2.07. The predicted molar refractivity (Wildman–Crippen MR) is 145 cm³/mol. The van der Waals surface area contributed by atoms with Crippen molar-refractivity contribution >= 4 is 17.7 Å². The third-order valence-electron chi connectivity index (χ3n) is 5.51. The van der Waals surface area contributed by atoms with Crippen molar-refractivity contribution in [2.24, 2.45) is 0 Å². The van der Waals surface area contributed by atoms with Gasteiger partial charge in [0.15, 0.2) is 11.5 Å². The Morgan fingerprint density at radius 1 is 0.730 bits per heavy atom. The van der Waals surface area contributed by atoms with Crippen LogP contribution < -0.4 is 24.3 Å². The third kappa shape index (κ3) is 7.39. The first kappa shape index (κ1) is 25.4. The minimum atomic E-state index is -0.264. The Morgan fingerprint density at radius 2 is 1.27 bits per heavy atom. The average Bonchev–Trinajstić information content (AvgIpc) is 2.95. The van der Waals surface area contributed by atoms with E-state index in [9.17, 15) is 4.79 Å². The molecule has 1 amide bonds. The summed E-state index contributed by atoms with van der Waals surface area (Å²) in [6.07, 6.45) is 3.15. The van der Waals surface area contributed by atoms with Crippen LogP contribution in [0.4, 0.5) is 5.69 Å². The SMILES string of the molecule is COc1cc(C=CC(=O)Nc2ccc(OCc3ccccc3)cc2)cc(OC)c1OCc1ccccc1. The van der Waals surface area contributed by atoms with E-state index in [1.807, 2.05) is 72.8 Å². The van der Waals surface area contributed by atoms with Crippen LogP contribution in [-0.2, 0) is 18.0 Å². The second-order valence-electron chi connectivity index (χ2n) is 8.15. The van der Waals surface area contributed by atoms with Crippen LogP contribution in [0, 0.1) is 0 Å². The summed E-state index contributed by atoms with van der Waals surface area (Å²) in [4.78, 5) is 12.5. The molecule has 4 aromatic rings. The van der Waals surface area contributed by atoms with Crippen LogP contribution in [0.2, 0.25) is 0 Å². The van der Waals surface area contributed by atoms with E-state index in [0.717, 1.165) is 22.4 Å². The lowest BCUT2D eigenvalue weighted by Gasteiger charge is -2.15. The zero-order chi connectivity index (χ0) is 25.9. The molecule has 0 aliphatic heterocycles. The van der Waals surface area contributed by atoms with E-state index in [-0.39, 0.29) is 5.91 Å².